The van der Waals surface area contributed by atoms with Crippen LogP contribution in [0.4, 0.5) is 0 Å². The number of hydrogen-bond donors (Lipinski definition) is 0. The first-order chi connectivity index (χ1) is 40.8. The Labute approximate surface area is 479 Å². The van der Waals surface area contributed by atoms with Gasteiger partial charge in [-0.1, -0.05) is 200 Å². The van der Waals surface area contributed by atoms with E-state index < -0.39 is 0 Å². The molecule has 83 heavy (non-hydrogen) atoms. The van der Waals surface area contributed by atoms with E-state index in [4.69, 9.17) is 0 Å². The molecular weight excluding hydrogens is 1000 g/mol. The van der Waals surface area contributed by atoms with Gasteiger partial charge in [0.2, 0.25) is 0 Å². The highest BCUT2D eigenvalue weighted by Crippen LogP contribution is 2.42. The topological polar surface area (TPSA) is 19.2 Å². The molecule has 0 N–H and O–H groups in total. The van der Waals surface area contributed by atoms with Crippen molar-refractivity contribution in [2.75, 3.05) is 0 Å². The summed E-state index contributed by atoms with van der Waals surface area (Å²) in [4.78, 5) is 0. The van der Waals surface area contributed by atoms with Crippen LogP contribution in [0.15, 0.2) is 261 Å². The second kappa shape index (κ2) is 18.8. The molecule has 0 radical (unpaired) electrons. The lowest BCUT2D eigenvalue weighted by atomic mass is 10.00. The predicted molar refractivity (Wildman–Crippen MR) is 359 cm³/mol. The van der Waals surface area contributed by atoms with Gasteiger partial charge in [-0.3, -0.25) is 0 Å². The number of hydrogen-bond acceptors (Lipinski definition) is 0. The summed E-state index contributed by atoms with van der Waals surface area (Å²) in [6, 6.07) is 94.4. The molecule has 394 valence electrons. The minimum absolute atomic E-state index is 1.30. The fourth-order valence-electron chi connectivity index (χ4n) is 14.1. The number of benzene rings is 14. The van der Waals surface area contributed by atoms with Gasteiger partial charge in [0.05, 0.1) is 22.1 Å². The van der Waals surface area contributed by atoms with Crippen molar-refractivity contribution in [3.63, 3.8) is 0 Å². The maximum atomic E-state index is 2.41. The molecule has 0 unspecified atom stereocenters. The Hall–Kier alpha value is -10.4. The molecule has 0 amide bonds. The summed E-state index contributed by atoms with van der Waals surface area (Å²) in [6.45, 7) is 4.34. The highest BCUT2D eigenvalue weighted by molar-refractivity contribution is 6.28. The molecule has 0 saturated carbocycles. The number of nitrogens with zero attached hydrogens (tertiary/aromatic N) is 4. The second-order valence-electron chi connectivity index (χ2n) is 22.7. The third-order valence-corrected chi connectivity index (χ3v) is 17.9. The number of rotatable bonds is 0. The first kappa shape index (κ1) is 48.5. The normalized spacial score (nSPS) is 11.9. The number of fused-ring (bicyclic) bond motifs is 24. The smallest absolute Gasteiger partial charge is 0.0620 e. The molecule has 4 heteroatoms. The molecule has 0 bridgehead atoms. The second-order valence-corrected chi connectivity index (χ2v) is 22.7. The van der Waals surface area contributed by atoms with Crippen molar-refractivity contribution in [2.45, 2.75) is 13.8 Å². The van der Waals surface area contributed by atoms with Crippen molar-refractivity contribution < 1.29 is 0 Å². The molecule has 14 aromatic carbocycles. The largest absolute Gasteiger partial charge is 0.344 e. The van der Waals surface area contributed by atoms with Crippen LogP contribution in [-0.2, 0) is 21.1 Å². The number of aryl methyl sites for hydroxylation is 5. The van der Waals surface area contributed by atoms with Crippen molar-refractivity contribution in [3.05, 3.63) is 272 Å². The van der Waals surface area contributed by atoms with Gasteiger partial charge >= 0.3 is 0 Å². The first-order valence-electron chi connectivity index (χ1n) is 28.8. The zero-order valence-electron chi connectivity index (χ0n) is 47.1. The lowest BCUT2D eigenvalue weighted by molar-refractivity contribution is 1.01. The lowest BCUT2D eigenvalue weighted by Crippen LogP contribution is -1.87. The van der Waals surface area contributed by atoms with E-state index in [2.05, 4.69) is 314 Å². The summed E-state index contributed by atoms with van der Waals surface area (Å²) in [5.41, 5.74) is 14.4. The average molecular weight is 1060 g/mol. The van der Waals surface area contributed by atoms with E-state index in [1.165, 1.54) is 169 Å². The molecule has 19 aromatic rings. The van der Waals surface area contributed by atoms with Crippen LogP contribution in [0.25, 0.3) is 157 Å². The van der Waals surface area contributed by atoms with Crippen LogP contribution in [0, 0.1) is 13.8 Å². The summed E-state index contributed by atoms with van der Waals surface area (Å²) in [5, 5.41) is 26.7. The van der Waals surface area contributed by atoms with Crippen LogP contribution >= 0.6 is 0 Å². The summed E-state index contributed by atoms with van der Waals surface area (Å²) in [5.74, 6) is 0. The van der Waals surface area contributed by atoms with Crippen LogP contribution in [0.5, 0.6) is 0 Å². The molecule has 0 spiro atoms. The van der Waals surface area contributed by atoms with E-state index in [0.717, 1.165) is 0 Å². The number of para-hydroxylation sites is 2. The monoisotopic (exact) mass is 1060 g/mol. The van der Waals surface area contributed by atoms with Gasteiger partial charge in [-0.05, 0) is 135 Å². The fraction of sp³-hybridized carbons (Fsp3) is 0.0633. The molecule has 0 fully saturated rings. The summed E-state index contributed by atoms with van der Waals surface area (Å²) < 4.78 is 9.34. The fourth-order valence-corrected chi connectivity index (χ4v) is 14.1. The van der Waals surface area contributed by atoms with Crippen molar-refractivity contribution in [1.82, 2.24) is 18.1 Å². The van der Waals surface area contributed by atoms with E-state index in [0.29, 0.717) is 0 Å². The summed E-state index contributed by atoms with van der Waals surface area (Å²) >= 11 is 0. The van der Waals surface area contributed by atoms with Gasteiger partial charge in [-0.25, -0.2) is 0 Å². The zero-order chi connectivity index (χ0) is 55.6. The van der Waals surface area contributed by atoms with E-state index in [1.54, 1.807) is 0 Å². The van der Waals surface area contributed by atoms with Gasteiger partial charge < -0.3 is 18.1 Å². The molecule has 0 atom stereocenters. The molecule has 4 nitrogen and oxygen atoms in total. The molecule has 0 saturated heterocycles. The predicted octanol–water partition coefficient (Wildman–Crippen LogP) is 21.2. The number of aromatic nitrogens is 4. The Morgan fingerprint density at radius 1 is 0.205 bits per heavy atom. The van der Waals surface area contributed by atoms with Gasteiger partial charge in [-0.15, -0.1) is 0 Å². The van der Waals surface area contributed by atoms with Crippen molar-refractivity contribution in [3.8, 4) is 0 Å². The van der Waals surface area contributed by atoms with Gasteiger partial charge in [0.15, 0.2) is 0 Å². The highest BCUT2D eigenvalue weighted by atomic mass is 14.9. The van der Waals surface area contributed by atoms with E-state index in [-0.39, 0.29) is 0 Å². The highest BCUT2D eigenvalue weighted by Gasteiger charge is 2.18. The van der Waals surface area contributed by atoms with Crippen molar-refractivity contribution in [2.24, 2.45) is 21.1 Å². The van der Waals surface area contributed by atoms with Crippen LogP contribution in [0.2, 0.25) is 0 Å². The quantitative estimate of drug-likeness (QED) is 0.144. The summed E-state index contributed by atoms with van der Waals surface area (Å²) in [6.07, 6.45) is 0. The first-order valence-corrected chi connectivity index (χ1v) is 28.8. The van der Waals surface area contributed by atoms with Crippen molar-refractivity contribution in [1.29, 1.82) is 0 Å². The zero-order valence-corrected chi connectivity index (χ0v) is 47.1. The molecule has 0 aliphatic heterocycles. The molecule has 5 heterocycles. The Morgan fingerprint density at radius 3 is 1.16 bits per heavy atom. The Kier molecular flexibility index (Phi) is 11.0. The van der Waals surface area contributed by atoms with E-state index in [9.17, 15) is 0 Å². The van der Waals surface area contributed by atoms with E-state index in [1.807, 2.05) is 0 Å². The molecule has 5 aromatic heterocycles. The minimum Gasteiger partial charge on any atom is -0.344 e. The van der Waals surface area contributed by atoms with Gasteiger partial charge in [0.25, 0.3) is 0 Å². The molecule has 0 aliphatic carbocycles. The Morgan fingerprint density at radius 2 is 0.602 bits per heavy atom. The molecule has 0 aliphatic rings. The van der Waals surface area contributed by atoms with Crippen LogP contribution < -0.4 is 0 Å². The molecule has 19 rings (SSSR count). The van der Waals surface area contributed by atoms with E-state index >= 15 is 0 Å². The maximum absolute atomic E-state index is 2.41. The summed E-state index contributed by atoms with van der Waals surface area (Å²) in [7, 11) is 6.48. The lowest BCUT2D eigenvalue weighted by Gasteiger charge is -2.03. The van der Waals surface area contributed by atoms with Crippen molar-refractivity contribution >= 4 is 157 Å². The maximum Gasteiger partial charge on any atom is 0.0620 e. The van der Waals surface area contributed by atoms with Gasteiger partial charge in [-0.2, -0.15) is 0 Å². The van der Waals surface area contributed by atoms with Crippen LogP contribution in [0.1, 0.15) is 11.1 Å². The average Bonchev–Trinajstić information content (AvgIpc) is 2.47. The van der Waals surface area contributed by atoms with Crippen LogP contribution in [-0.4, -0.2) is 18.1 Å². The third-order valence-electron chi connectivity index (χ3n) is 17.9. The minimum atomic E-state index is 1.30. The third kappa shape index (κ3) is 7.46. The van der Waals surface area contributed by atoms with Gasteiger partial charge in [0, 0.05) is 108 Å². The SMILES string of the molecule is Cc1cc2c3ccccc3n3c4ccccc4c(c1)c23.Cc1ccc2c(c1)c1c3ccccc3ccc1n2C.Cn1c2cc3ccccc3cc2c2ccc3ccccc3c21.Cn1c2ccc3ccccc3c2c2c3ccccc3ccc21. The standard InChI is InChI=1S/2C21H15N.C19H13N.C18H15N/c1-22-18-12-10-14-6-2-4-8-16(14)20(18)21-17-9-5-3-7-15(17)11-13-19(21)22;1-22-20-13-16-8-3-2-7-15(16)12-19(20)18-11-10-14-6-4-5-9-17(14)21(18)22;1-12-10-15-13-6-2-4-8-17(13)20-18-9-5-3-7-14(18)16(11-12)19(15)20;1-12-7-9-16-15(11-12)18-14-6-4-3-5-13(14)8-10-17(18)19(16)2/h2*2-13H,1H3;2-11H,1H3;3-11H,1-2H3. The van der Waals surface area contributed by atoms with Gasteiger partial charge in [0.1, 0.15) is 0 Å². The Bertz CT molecular complexity index is 5650. The molecular formula is C79H58N4. The Balaban J connectivity index is 0.0000000909. The van der Waals surface area contributed by atoms with Crippen LogP contribution in [0.3, 0.4) is 0 Å².